The van der Waals surface area contributed by atoms with E-state index in [2.05, 4.69) is 16.5 Å². The van der Waals surface area contributed by atoms with Crippen molar-refractivity contribution in [3.05, 3.63) is 29.3 Å². The number of nitrogens with one attached hydrogen (secondary N) is 1. The van der Waals surface area contributed by atoms with Gasteiger partial charge in [0.25, 0.3) is 0 Å². The zero-order valence-electron chi connectivity index (χ0n) is 11.7. The summed E-state index contributed by atoms with van der Waals surface area (Å²) in [5, 5.41) is 0.428. The number of hydrogen-bond donors (Lipinski definition) is 1. The van der Waals surface area contributed by atoms with Crippen LogP contribution >= 0.6 is 11.6 Å². The summed E-state index contributed by atoms with van der Waals surface area (Å²) in [5.74, 6) is 0. The summed E-state index contributed by atoms with van der Waals surface area (Å²) >= 11 is 5.83. The van der Waals surface area contributed by atoms with Crippen LogP contribution in [0.4, 0.5) is 0 Å². The molecule has 1 aromatic carbocycles. The van der Waals surface area contributed by atoms with E-state index < -0.39 is 10.0 Å². The van der Waals surface area contributed by atoms with E-state index in [1.807, 2.05) is 0 Å². The van der Waals surface area contributed by atoms with Crippen molar-refractivity contribution >= 4 is 21.6 Å². The van der Waals surface area contributed by atoms with E-state index in [4.69, 9.17) is 11.6 Å². The fourth-order valence-electron chi connectivity index (χ4n) is 2.44. The molecule has 0 saturated carbocycles. The van der Waals surface area contributed by atoms with Crippen LogP contribution in [-0.2, 0) is 10.0 Å². The molecule has 1 fully saturated rings. The summed E-state index contributed by atoms with van der Waals surface area (Å²) in [4.78, 5) is 2.56. The Morgan fingerprint density at radius 2 is 2.00 bits per heavy atom. The van der Waals surface area contributed by atoms with Crippen LogP contribution < -0.4 is 4.72 Å². The first kappa shape index (κ1) is 15.8. The standard InChI is InChI=1S/C14H21ClN2O2S/c1-12(17-8-3-2-4-9-17)11-16-20(18,19)14-7-5-6-13(15)10-14/h5-7,10,12,16H,2-4,8-9,11H2,1H3. The lowest BCUT2D eigenvalue weighted by Crippen LogP contribution is -2.44. The Morgan fingerprint density at radius 1 is 1.30 bits per heavy atom. The van der Waals surface area contributed by atoms with Gasteiger partial charge < -0.3 is 0 Å². The molecule has 1 aliphatic heterocycles. The Bertz CT molecular complexity index is 542. The first-order valence-electron chi connectivity index (χ1n) is 6.98. The minimum absolute atomic E-state index is 0.212. The summed E-state index contributed by atoms with van der Waals surface area (Å²) in [6, 6.07) is 6.54. The monoisotopic (exact) mass is 316 g/mol. The zero-order chi connectivity index (χ0) is 14.6. The van der Waals surface area contributed by atoms with E-state index in [1.165, 1.54) is 25.3 Å². The van der Waals surface area contributed by atoms with Crippen LogP contribution in [-0.4, -0.2) is 39.0 Å². The average molecular weight is 317 g/mol. The molecule has 1 saturated heterocycles. The second-order valence-electron chi connectivity index (χ2n) is 5.25. The maximum Gasteiger partial charge on any atom is 0.240 e. The SMILES string of the molecule is CC(CNS(=O)(=O)c1cccc(Cl)c1)N1CCCCC1. The van der Waals surface area contributed by atoms with Gasteiger partial charge in [-0.2, -0.15) is 0 Å². The molecule has 0 aromatic heterocycles. The molecule has 1 unspecified atom stereocenters. The van der Waals surface area contributed by atoms with Crippen molar-refractivity contribution < 1.29 is 8.42 Å². The van der Waals surface area contributed by atoms with Crippen molar-refractivity contribution in [3.63, 3.8) is 0 Å². The Hall–Kier alpha value is -0.620. The van der Waals surface area contributed by atoms with Crippen LogP contribution in [0.5, 0.6) is 0 Å². The van der Waals surface area contributed by atoms with Crippen molar-refractivity contribution in [3.8, 4) is 0 Å². The van der Waals surface area contributed by atoms with E-state index in [-0.39, 0.29) is 10.9 Å². The van der Waals surface area contributed by atoms with Crippen molar-refractivity contribution in [2.24, 2.45) is 0 Å². The third-order valence-corrected chi connectivity index (χ3v) is 5.35. The predicted molar refractivity (Wildman–Crippen MR) is 81.5 cm³/mol. The topological polar surface area (TPSA) is 49.4 Å². The molecule has 1 aromatic rings. The lowest BCUT2D eigenvalue weighted by atomic mass is 10.1. The lowest BCUT2D eigenvalue weighted by molar-refractivity contribution is 0.175. The van der Waals surface area contributed by atoms with Gasteiger partial charge in [-0.15, -0.1) is 0 Å². The van der Waals surface area contributed by atoms with Gasteiger partial charge in [-0.25, -0.2) is 13.1 Å². The minimum Gasteiger partial charge on any atom is -0.299 e. The number of halogens is 1. The summed E-state index contributed by atoms with van der Waals surface area (Å²) in [6.07, 6.45) is 3.67. The Kier molecular flexibility index (Phi) is 5.43. The third-order valence-electron chi connectivity index (χ3n) is 3.69. The molecule has 0 aliphatic carbocycles. The van der Waals surface area contributed by atoms with E-state index in [1.54, 1.807) is 18.2 Å². The van der Waals surface area contributed by atoms with Gasteiger partial charge in [-0.1, -0.05) is 24.1 Å². The number of likely N-dealkylation sites (tertiary alicyclic amines) is 1. The predicted octanol–water partition coefficient (Wildman–Crippen LogP) is 2.49. The molecule has 0 amide bonds. The molecule has 112 valence electrons. The first-order chi connectivity index (χ1) is 9.49. The summed E-state index contributed by atoms with van der Waals surface area (Å²) in [6.45, 7) is 4.60. The lowest BCUT2D eigenvalue weighted by Gasteiger charge is -2.32. The molecule has 1 heterocycles. The molecular weight excluding hydrogens is 296 g/mol. The second-order valence-corrected chi connectivity index (χ2v) is 7.46. The maximum atomic E-state index is 12.2. The van der Waals surface area contributed by atoms with Crippen LogP contribution in [0.2, 0.25) is 5.02 Å². The molecule has 1 N–H and O–H groups in total. The van der Waals surface area contributed by atoms with E-state index >= 15 is 0 Å². The average Bonchev–Trinajstić information content (AvgIpc) is 2.46. The smallest absolute Gasteiger partial charge is 0.240 e. The normalized spacial score (nSPS) is 18.9. The first-order valence-corrected chi connectivity index (χ1v) is 8.84. The highest BCUT2D eigenvalue weighted by Crippen LogP contribution is 2.16. The maximum absolute atomic E-state index is 12.2. The fraction of sp³-hybridized carbons (Fsp3) is 0.571. The quantitative estimate of drug-likeness (QED) is 0.908. The van der Waals surface area contributed by atoms with Gasteiger partial charge in [0.2, 0.25) is 10.0 Å². The van der Waals surface area contributed by atoms with E-state index in [0.29, 0.717) is 11.6 Å². The summed E-state index contributed by atoms with van der Waals surface area (Å²) < 4.78 is 27.0. The van der Waals surface area contributed by atoms with Crippen molar-refractivity contribution in [1.29, 1.82) is 0 Å². The van der Waals surface area contributed by atoms with Crippen LogP contribution in [0, 0.1) is 0 Å². The largest absolute Gasteiger partial charge is 0.299 e. The van der Waals surface area contributed by atoms with Crippen LogP contribution in [0.3, 0.4) is 0 Å². The van der Waals surface area contributed by atoms with E-state index in [9.17, 15) is 8.42 Å². The van der Waals surface area contributed by atoms with Gasteiger partial charge in [0, 0.05) is 17.6 Å². The Morgan fingerprint density at radius 3 is 2.65 bits per heavy atom. The van der Waals surface area contributed by atoms with Crippen molar-refractivity contribution in [1.82, 2.24) is 9.62 Å². The number of benzene rings is 1. The van der Waals surface area contributed by atoms with Gasteiger partial charge >= 0.3 is 0 Å². The Labute approximate surface area is 126 Å². The summed E-state index contributed by atoms with van der Waals surface area (Å²) in [5.41, 5.74) is 0. The molecule has 0 bridgehead atoms. The fourth-order valence-corrected chi connectivity index (χ4v) is 3.86. The van der Waals surface area contributed by atoms with Gasteiger partial charge in [0.15, 0.2) is 0 Å². The zero-order valence-corrected chi connectivity index (χ0v) is 13.3. The highest BCUT2D eigenvalue weighted by atomic mass is 35.5. The minimum atomic E-state index is -3.48. The molecule has 4 nitrogen and oxygen atoms in total. The van der Waals surface area contributed by atoms with Gasteiger partial charge in [0.1, 0.15) is 0 Å². The second kappa shape index (κ2) is 6.89. The highest BCUT2D eigenvalue weighted by Gasteiger charge is 2.20. The molecule has 1 aliphatic rings. The number of nitrogens with zero attached hydrogens (tertiary/aromatic N) is 1. The molecule has 20 heavy (non-hydrogen) atoms. The van der Waals surface area contributed by atoms with Gasteiger partial charge in [0.05, 0.1) is 4.90 Å². The number of piperidine rings is 1. The van der Waals surface area contributed by atoms with Gasteiger partial charge in [-0.3, -0.25) is 4.90 Å². The highest BCUT2D eigenvalue weighted by molar-refractivity contribution is 7.89. The molecule has 2 rings (SSSR count). The third kappa shape index (κ3) is 4.19. The van der Waals surface area contributed by atoms with E-state index in [0.717, 1.165) is 13.1 Å². The number of sulfonamides is 1. The number of hydrogen-bond acceptors (Lipinski definition) is 3. The van der Waals surface area contributed by atoms with Crippen LogP contribution in [0.25, 0.3) is 0 Å². The molecule has 6 heteroatoms. The van der Waals surface area contributed by atoms with Crippen molar-refractivity contribution in [2.45, 2.75) is 37.1 Å². The molecule has 1 atom stereocenters. The molecule has 0 spiro atoms. The summed E-state index contributed by atoms with van der Waals surface area (Å²) in [7, 11) is -3.48. The number of rotatable bonds is 5. The molecular formula is C14H21ClN2O2S. The molecule has 0 radical (unpaired) electrons. The van der Waals surface area contributed by atoms with Crippen LogP contribution in [0.1, 0.15) is 26.2 Å². The van der Waals surface area contributed by atoms with Crippen LogP contribution in [0.15, 0.2) is 29.2 Å². The van der Waals surface area contributed by atoms with Gasteiger partial charge in [-0.05, 0) is 51.1 Å². The Balaban J connectivity index is 1.95. The van der Waals surface area contributed by atoms with Crippen molar-refractivity contribution in [2.75, 3.05) is 19.6 Å².